The SMILES string of the molecule is Nc1nc2c(ncn2C2OC(CC3(COP(=O)(O)O)OC(n4cnc5c(=O)[nH]c(N)nc54)C(O)C3OP(=O)([O-])O)C(O)C2O)c(=O)[nH]1. The molecule has 25 nitrogen and oxygen atoms in total. The molecule has 2 aliphatic rings. The normalized spacial score (nSPS) is 31.2. The van der Waals surface area contributed by atoms with Gasteiger partial charge in [0.2, 0.25) is 11.9 Å². The van der Waals surface area contributed by atoms with Gasteiger partial charge in [-0.2, -0.15) is 9.97 Å². The van der Waals surface area contributed by atoms with Crippen LogP contribution in [0.25, 0.3) is 22.3 Å². The van der Waals surface area contributed by atoms with E-state index in [2.05, 4.69) is 34.4 Å². The molecule has 4 aromatic heterocycles. The Kier molecular flexibility index (Phi) is 8.12. The average Bonchev–Trinajstić information content (AvgIpc) is 3.69. The Morgan fingerprint density at radius 3 is 1.96 bits per heavy atom. The molecule has 6 rings (SSSR count). The number of nitrogens with zero attached hydrogens (tertiary/aromatic N) is 6. The largest absolute Gasteiger partial charge is 0.756 e. The predicted molar refractivity (Wildman–Crippen MR) is 147 cm³/mol. The van der Waals surface area contributed by atoms with Gasteiger partial charge in [0, 0.05) is 6.42 Å². The standard InChI is InChI=1S/C20H26N10O15P2/c21-18-25-12-6(14(34)27-18)23-3-29(12)16-9(32)8(31)5(43-16)1-20(2-42-46(36,37)38)11(45-47(39,40)41)10(33)17(44-20)30-4-24-7-13(30)26-19(22)28-15(7)35/h3-5,8-11,16-17,31-33H,1-2H2,(H2,36,37,38)(H2,39,40,41)(H3,21,25,27,34)(H3,22,26,28,35)/p-1. The van der Waals surface area contributed by atoms with Crippen LogP contribution in [-0.4, -0.2) is 112 Å². The molecule has 0 saturated carbocycles. The smallest absolute Gasteiger partial charge is 0.469 e. The quantitative estimate of drug-likeness (QED) is 0.0728. The summed E-state index contributed by atoms with van der Waals surface area (Å²) in [5.74, 6) is -0.717. The van der Waals surface area contributed by atoms with Gasteiger partial charge in [0.15, 0.2) is 34.8 Å². The van der Waals surface area contributed by atoms with Crippen LogP contribution < -0.4 is 27.5 Å². The van der Waals surface area contributed by atoms with E-state index in [0.717, 1.165) is 21.8 Å². The second kappa shape index (κ2) is 11.5. The van der Waals surface area contributed by atoms with E-state index in [-0.39, 0.29) is 28.3 Å². The monoisotopic (exact) mass is 707 g/mol. The molecule has 2 aliphatic heterocycles. The Hall–Kier alpha value is -3.68. The second-order valence-corrected chi connectivity index (χ2v) is 13.0. The number of hydrogen-bond acceptors (Lipinski definition) is 18. The lowest BCUT2D eigenvalue weighted by Gasteiger charge is -2.37. The summed E-state index contributed by atoms with van der Waals surface area (Å²) in [6, 6.07) is 0. The summed E-state index contributed by atoms with van der Waals surface area (Å²) in [6.07, 6.45) is -12.0. The van der Waals surface area contributed by atoms with Gasteiger partial charge in [-0.15, -0.1) is 0 Å². The highest BCUT2D eigenvalue weighted by molar-refractivity contribution is 7.46. The fourth-order valence-electron chi connectivity index (χ4n) is 5.62. The van der Waals surface area contributed by atoms with Gasteiger partial charge >= 0.3 is 7.82 Å². The first kappa shape index (κ1) is 33.2. The highest BCUT2D eigenvalue weighted by Crippen LogP contribution is 2.51. The van der Waals surface area contributed by atoms with Crippen LogP contribution in [0, 0.1) is 0 Å². The van der Waals surface area contributed by atoms with Crippen LogP contribution >= 0.6 is 15.6 Å². The van der Waals surface area contributed by atoms with Crippen molar-refractivity contribution >= 4 is 49.9 Å². The van der Waals surface area contributed by atoms with Crippen molar-refractivity contribution in [1.29, 1.82) is 0 Å². The highest BCUT2D eigenvalue weighted by atomic mass is 31.2. The number of imidazole rings is 2. The first-order valence-electron chi connectivity index (χ1n) is 13.1. The lowest BCUT2D eigenvalue weighted by Crippen LogP contribution is -2.52. The average molecular weight is 707 g/mol. The number of aromatic nitrogens is 8. The molecule has 0 bridgehead atoms. The molecule has 9 atom stereocenters. The molecule has 27 heteroatoms. The van der Waals surface area contributed by atoms with Crippen LogP contribution in [-0.2, 0) is 27.7 Å². The molecule has 0 aromatic carbocycles. The Balaban J connectivity index is 1.42. The van der Waals surface area contributed by atoms with Gasteiger partial charge in [-0.1, -0.05) is 0 Å². The van der Waals surface area contributed by atoms with Gasteiger partial charge in [-0.25, -0.2) is 14.5 Å². The van der Waals surface area contributed by atoms with Crippen LogP contribution in [0.15, 0.2) is 22.2 Å². The maximum atomic E-state index is 12.3. The molecular formula is C20H25N10O15P2-. The Bertz CT molecular complexity index is 2060. The first-order chi connectivity index (χ1) is 21.9. The maximum Gasteiger partial charge on any atom is 0.469 e. The zero-order valence-corrected chi connectivity index (χ0v) is 25.0. The molecule has 6 heterocycles. The number of nitrogens with two attached hydrogens (primary N) is 2. The third kappa shape index (κ3) is 6.09. The summed E-state index contributed by atoms with van der Waals surface area (Å²) in [5, 5.41) is 33.3. The number of fused-ring (bicyclic) bond motifs is 2. The fourth-order valence-corrected chi connectivity index (χ4v) is 6.61. The minimum Gasteiger partial charge on any atom is -0.756 e. The molecule has 256 valence electrons. The predicted octanol–water partition coefficient (Wildman–Crippen LogP) is -4.99. The molecule has 2 saturated heterocycles. The number of aliphatic hydroxyl groups is 3. The van der Waals surface area contributed by atoms with Crippen LogP contribution in [0.4, 0.5) is 11.9 Å². The van der Waals surface area contributed by atoms with Crippen LogP contribution in [0.1, 0.15) is 18.9 Å². The Morgan fingerprint density at radius 1 is 0.915 bits per heavy atom. The summed E-state index contributed by atoms with van der Waals surface area (Å²) in [5.41, 5.74) is 6.17. The number of phosphoric ester groups is 2. The molecule has 4 aromatic rings. The van der Waals surface area contributed by atoms with Gasteiger partial charge in [0.25, 0.3) is 18.9 Å². The van der Waals surface area contributed by atoms with E-state index in [4.69, 9.17) is 25.5 Å². The van der Waals surface area contributed by atoms with Crippen LogP contribution in [0.5, 0.6) is 0 Å². The van der Waals surface area contributed by atoms with Gasteiger partial charge in [-0.3, -0.25) is 37.8 Å². The fraction of sp³-hybridized carbons (Fsp3) is 0.500. The summed E-state index contributed by atoms with van der Waals surface area (Å²) in [4.78, 5) is 85.3. The third-order valence-electron chi connectivity index (χ3n) is 7.53. The van der Waals surface area contributed by atoms with Crippen molar-refractivity contribution in [2.75, 3.05) is 18.1 Å². The Morgan fingerprint density at radius 2 is 1.45 bits per heavy atom. The van der Waals surface area contributed by atoms with Crippen molar-refractivity contribution < 1.29 is 62.5 Å². The van der Waals surface area contributed by atoms with E-state index >= 15 is 0 Å². The van der Waals surface area contributed by atoms with E-state index in [1.165, 1.54) is 0 Å². The van der Waals surface area contributed by atoms with Gasteiger partial charge in [0.05, 0.1) is 25.4 Å². The van der Waals surface area contributed by atoms with Gasteiger partial charge in [0.1, 0.15) is 30.0 Å². The topological polar surface area (TPSA) is 395 Å². The van der Waals surface area contributed by atoms with E-state index < -0.39 is 94.3 Å². The molecule has 9 unspecified atom stereocenters. The zero-order chi connectivity index (χ0) is 34.2. The van der Waals surface area contributed by atoms with Crippen LogP contribution in [0.2, 0.25) is 0 Å². The molecule has 0 amide bonds. The highest BCUT2D eigenvalue weighted by Gasteiger charge is 2.61. The van der Waals surface area contributed by atoms with Crippen molar-refractivity contribution in [1.82, 2.24) is 39.0 Å². The van der Waals surface area contributed by atoms with E-state index in [1.807, 2.05) is 0 Å². The molecule has 12 N–H and O–H groups in total. The summed E-state index contributed by atoms with van der Waals surface area (Å²) < 4.78 is 47.0. The minimum atomic E-state index is -5.80. The minimum absolute atomic E-state index is 0.169. The molecule has 2 fully saturated rings. The molecule has 47 heavy (non-hydrogen) atoms. The zero-order valence-electron chi connectivity index (χ0n) is 23.2. The summed E-state index contributed by atoms with van der Waals surface area (Å²) in [7, 11) is -11.2. The molecule has 0 spiro atoms. The summed E-state index contributed by atoms with van der Waals surface area (Å²) in [6.45, 7) is -1.28. The lowest BCUT2D eigenvalue weighted by atomic mass is 9.88. The number of nitrogen functional groups attached to an aromatic ring is 2. The van der Waals surface area contributed by atoms with E-state index in [0.29, 0.717) is 0 Å². The Labute approximate surface area is 258 Å². The number of anilines is 2. The van der Waals surface area contributed by atoms with Gasteiger partial charge in [-0.05, 0) is 0 Å². The first-order valence-corrected chi connectivity index (χ1v) is 16.1. The lowest BCUT2D eigenvalue weighted by molar-refractivity contribution is -0.234. The number of phosphoric acid groups is 2. The molecule has 0 aliphatic carbocycles. The number of ether oxygens (including phenoxy) is 2. The van der Waals surface area contributed by atoms with Gasteiger partial charge < -0.3 is 60.4 Å². The number of nitrogens with one attached hydrogen (secondary N) is 2. The maximum absolute atomic E-state index is 12.3. The van der Waals surface area contributed by atoms with Crippen molar-refractivity contribution in [3.8, 4) is 0 Å². The third-order valence-corrected chi connectivity index (χ3v) is 8.49. The molecule has 0 radical (unpaired) electrons. The number of rotatable bonds is 9. The number of aromatic amines is 2. The van der Waals surface area contributed by atoms with E-state index in [9.17, 15) is 53.6 Å². The summed E-state index contributed by atoms with van der Waals surface area (Å²) >= 11 is 0. The van der Waals surface area contributed by atoms with E-state index in [1.54, 1.807) is 0 Å². The van der Waals surface area contributed by atoms with Crippen molar-refractivity contribution in [3.05, 3.63) is 33.4 Å². The second-order valence-electron chi connectivity index (χ2n) is 10.6. The van der Waals surface area contributed by atoms with Crippen molar-refractivity contribution in [2.45, 2.75) is 55.0 Å². The van der Waals surface area contributed by atoms with Crippen molar-refractivity contribution in [3.63, 3.8) is 0 Å². The number of hydrogen-bond donors (Lipinski definition) is 10. The van der Waals surface area contributed by atoms with Crippen molar-refractivity contribution in [2.24, 2.45) is 0 Å². The van der Waals surface area contributed by atoms with Crippen LogP contribution in [0.3, 0.4) is 0 Å². The number of H-pyrrole nitrogens is 2. The molecular weight excluding hydrogens is 682 g/mol. The number of aliphatic hydroxyl groups excluding tert-OH is 3.